The Kier molecular flexibility index (Phi) is 3.54. The number of benzene rings is 1. The highest BCUT2D eigenvalue weighted by atomic mass is 32.2. The van der Waals surface area contributed by atoms with Crippen molar-refractivity contribution in [1.29, 1.82) is 5.41 Å². The molecule has 2 aromatic rings. The number of fused-ring (bicyclic) bond motifs is 2. The summed E-state index contributed by atoms with van der Waals surface area (Å²) in [5.74, 6) is -0.00154. The van der Waals surface area contributed by atoms with Crippen molar-refractivity contribution in [2.45, 2.75) is 0 Å². The third-order valence-electron chi connectivity index (χ3n) is 3.82. The molecule has 0 aliphatic carbocycles. The van der Waals surface area contributed by atoms with Crippen molar-refractivity contribution in [3.8, 4) is 5.75 Å². The Balaban J connectivity index is 1.82. The van der Waals surface area contributed by atoms with Crippen LogP contribution >= 0.6 is 11.8 Å². The fraction of sp³-hybridized carbons (Fsp3) is 0.0588. The number of ether oxygens (including phenoxy) is 1. The first-order valence-electron chi connectivity index (χ1n) is 7.24. The number of methoxy groups -OCH3 is 1. The summed E-state index contributed by atoms with van der Waals surface area (Å²) in [6.07, 6.45) is 4.27. The van der Waals surface area contributed by atoms with Gasteiger partial charge in [-0.3, -0.25) is 19.9 Å². The summed E-state index contributed by atoms with van der Waals surface area (Å²) in [4.78, 5) is 30.3. The minimum absolute atomic E-state index is 0.0227. The Bertz CT molecular complexity index is 1080. The van der Waals surface area contributed by atoms with Crippen LogP contribution in [-0.2, 0) is 4.79 Å². The number of carbonyl (C=O) groups is 1. The fourth-order valence-electron chi connectivity index (χ4n) is 2.54. The molecule has 3 heterocycles. The summed E-state index contributed by atoms with van der Waals surface area (Å²) in [7, 11) is 1.53. The number of hydrogen-bond acceptors (Lipinski definition) is 6. The van der Waals surface area contributed by atoms with E-state index in [1.54, 1.807) is 29.8 Å². The van der Waals surface area contributed by atoms with Crippen LogP contribution < -0.4 is 10.2 Å². The molecule has 0 bridgehead atoms. The number of amides is 1. The standard InChI is InChI=1S/C17H11N3O4S/c1-23-10-2-3-11-13(7-10)24-8-9(14(11)21)6-12-15(18)20-4-5-25-17(20)19-16(12)22/h2-8,18H,1H3. The van der Waals surface area contributed by atoms with Gasteiger partial charge in [0.25, 0.3) is 5.91 Å². The number of nitrogens with one attached hydrogen (secondary N) is 1. The largest absolute Gasteiger partial charge is 0.497 e. The van der Waals surface area contributed by atoms with Gasteiger partial charge >= 0.3 is 0 Å². The van der Waals surface area contributed by atoms with Gasteiger partial charge in [0.1, 0.15) is 23.4 Å². The van der Waals surface area contributed by atoms with Crippen molar-refractivity contribution in [3.05, 3.63) is 57.4 Å². The zero-order valence-electron chi connectivity index (χ0n) is 13.0. The summed E-state index contributed by atoms with van der Waals surface area (Å²) in [6, 6.07) is 4.88. The Labute approximate surface area is 145 Å². The molecule has 0 saturated carbocycles. The molecule has 0 fully saturated rings. The maximum atomic E-state index is 12.6. The molecular formula is C17H11N3O4S. The molecular weight excluding hydrogens is 342 g/mol. The topological polar surface area (TPSA) is 96.0 Å². The van der Waals surface area contributed by atoms with E-state index in [9.17, 15) is 9.59 Å². The molecule has 0 spiro atoms. The SMILES string of the molecule is COc1ccc2c(=O)c(C=C3C(=N)N4C=CSC4=NC3=O)coc2c1. The number of nitrogens with zero attached hydrogens (tertiary/aromatic N) is 2. The van der Waals surface area contributed by atoms with E-state index < -0.39 is 5.91 Å². The molecule has 1 aromatic heterocycles. The molecule has 8 heteroatoms. The molecule has 1 aromatic carbocycles. The van der Waals surface area contributed by atoms with Gasteiger partial charge in [-0.2, -0.15) is 4.99 Å². The van der Waals surface area contributed by atoms with Gasteiger partial charge < -0.3 is 9.15 Å². The molecule has 25 heavy (non-hydrogen) atoms. The summed E-state index contributed by atoms with van der Waals surface area (Å²) in [6.45, 7) is 0. The summed E-state index contributed by atoms with van der Waals surface area (Å²) >= 11 is 1.26. The van der Waals surface area contributed by atoms with Crippen LogP contribution in [0.4, 0.5) is 0 Å². The highest BCUT2D eigenvalue weighted by molar-refractivity contribution is 8.16. The third kappa shape index (κ3) is 2.47. The van der Waals surface area contributed by atoms with Crippen LogP contribution in [0, 0.1) is 5.41 Å². The van der Waals surface area contributed by atoms with Crippen LogP contribution in [0.15, 0.2) is 55.8 Å². The van der Waals surface area contributed by atoms with E-state index >= 15 is 0 Å². The van der Waals surface area contributed by atoms with Gasteiger partial charge in [-0.15, -0.1) is 0 Å². The van der Waals surface area contributed by atoms with Crippen molar-refractivity contribution >= 4 is 45.7 Å². The third-order valence-corrected chi connectivity index (χ3v) is 4.58. The average Bonchev–Trinajstić information content (AvgIpc) is 3.08. The minimum atomic E-state index is -0.554. The molecule has 1 N–H and O–H groups in total. The molecule has 1 amide bonds. The number of rotatable bonds is 2. The summed E-state index contributed by atoms with van der Waals surface area (Å²) in [5.41, 5.74) is 0.310. The van der Waals surface area contributed by atoms with Crippen LogP contribution in [0.1, 0.15) is 5.56 Å². The highest BCUT2D eigenvalue weighted by Crippen LogP contribution is 2.27. The second-order valence-corrected chi connectivity index (χ2v) is 6.13. The molecule has 0 unspecified atom stereocenters. The van der Waals surface area contributed by atoms with Gasteiger partial charge in [-0.1, -0.05) is 11.8 Å². The predicted octanol–water partition coefficient (Wildman–Crippen LogP) is 2.58. The Hall–Kier alpha value is -3.13. The molecule has 2 aliphatic rings. The van der Waals surface area contributed by atoms with E-state index in [0.717, 1.165) is 0 Å². The van der Waals surface area contributed by atoms with E-state index in [1.165, 1.54) is 36.1 Å². The van der Waals surface area contributed by atoms with E-state index in [1.807, 2.05) is 0 Å². The average molecular weight is 353 g/mol. The van der Waals surface area contributed by atoms with Crippen LogP contribution in [0.2, 0.25) is 0 Å². The lowest BCUT2D eigenvalue weighted by Crippen LogP contribution is -2.35. The molecule has 7 nitrogen and oxygen atoms in total. The zero-order chi connectivity index (χ0) is 17.6. The number of hydrogen-bond donors (Lipinski definition) is 1. The zero-order valence-corrected chi connectivity index (χ0v) is 13.8. The first-order valence-corrected chi connectivity index (χ1v) is 8.12. The van der Waals surface area contributed by atoms with Crippen molar-refractivity contribution < 1.29 is 13.9 Å². The van der Waals surface area contributed by atoms with Crippen LogP contribution in [0.25, 0.3) is 17.0 Å². The van der Waals surface area contributed by atoms with Crippen LogP contribution in [-0.4, -0.2) is 28.9 Å². The normalized spacial score (nSPS) is 18.0. The smallest absolute Gasteiger partial charge is 0.283 e. The Morgan fingerprint density at radius 2 is 2.20 bits per heavy atom. The molecule has 0 atom stereocenters. The van der Waals surface area contributed by atoms with Crippen molar-refractivity contribution in [2.75, 3.05) is 7.11 Å². The lowest BCUT2D eigenvalue weighted by Gasteiger charge is -2.22. The van der Waals surface area contributed by atoms with Gasteiger partial charge in [0, 0.05) is 12.3 Å². The first-order chi connectivity index (χ1) is 12.1. The lowest BCUT2D eigenvalue weighted by molar-refractivity contribution is -0.114. The van der Waals surface area contributed by atoms with E-state index in [2.05, 4.69) is 4.99 Å². The maximum absolute atomic E-state index is 12.6. The number of amidine groups is 2. The molecule has 0 saturated heterocycles. The van der Waals surface area contributed by atoms with Gasteiger partial charge in [0.05, 0.1) is 23.6 Å². The molecule has 4 rings (SSSR count). The lowest BCUT2D eigenvalue weighted by atomic mass is 10.1. The van der Waals surface area contributed by atoms with Crippen molar-refractivity contribution in [1.82, 2.24) is 4.90 Å². The number of thioether (sulfide) groups is 1. The van der Waals surface area contributed by atoms with Crippen LogP contribution in [0.3, 0.4) is 0 Å². The second-order valence-electron chi connectivity index (χ2n) is 5.26. The quantitative estimate of drug-likeness (QED) is 0.834. The number of aliphatic imine (C=N–C) groups is 1. The maximum Gasteiger partial charge on any atom is 0.283 e. The number of carbonyl (C=O) groups excluding carboxylic acids is 1. The Morgan fingerprint density at radius 1 is 1.36 bits per heavy atom. The van der Waals surface area contributed by atoms with Crippen LogP contribution in [0.5, 0.6) is 5.75 Å². The molecule has 124 valence electrons. The van der Waals surface area contributed by atoms with E-state index in [0.29, 0.717) is 21.9 Å². The van der Waals surface area contributed by atoms with Gasteiger partial charge in [-0.05, 0) is 23.6 Å². The Morgan fingerprint density at radius 3 is 3.00 bits per heavy atom. The summed E-state index contributed by atoms with van der Waals surface area (Å²) in [5, 5.41) is 10.7. The van der Waals surface area contributed by atoms with Gasteiger partial charge in [-0.25, -0.2) is 0 Å². The second kappa shape index (κ2) is 5.75. The van der Waals surface area contributed by atoms with E-state index in [4.69, 9.17) is 14.6 Å². The molecule has 0 radical (unpaired) electrons. The van der Waals surface area contributed by atoms with Gasteiger partial charge in [0.2, 0.25) is 0 Å². The molecule has 2 aliphatic heterocycles. The van der Waals surface area contributed by atoms with Crippen molar-refractivity contribution in [2.24, 2.45) is 4.99 Å². The monoisotopic (exact) mass is 353 g/mol. The first kappa shape index (κ1) is 15.4. The predicted molar refractivity (Wildman–Crippen MR) is 95.8 cm³/mol. The van der Waals surface area contributed by atoms with Crippen molar-refractivity contribution in [3.63, 3.8) is 0 Å². The van der Waals surface area contributed by atoms with Gasteiger partial charge in [0.15, 0.2) is 10.6 Å². The van der Waals surface area contributed by atoms with E-state index in [-0.39, 0.29) is 22.4 Å². The minimum Gasteiger partial charge on any atom is -0.497 e. The fourth-order valence-corrected chi connectivity index (χ4v) is 3.24. The summed E-state index contributed by atoms with van der Waals surface area (Å²) < 4.78 is 10.6. The highest BCUT2D eigenvalue weighted by Gasteiger charge is 2.31.